The van der Waals surface area contributed by atoms with Crippen molar-refractivity contribution in [1.29, 1.82) is 0 Å². The molecule has 1 N–H and O–H groups in total. The van der Waals surface area contributed by atoms with Crippen molar-refractivity contribution in [2.45, 2.75) is 19.4 Å². The number of ether oxygens (including phenoxy) is 2. The van der Waals surface area contributed by atoms with E-state index in [1.165, 1.54) is 0 Å². The fourth-order valence-electron chi connectivity index (χ4n) is 1.30. The van der Waals surface area contributed by atoms with E-state index in [1.54, 1.807) is 44.4 Å². The average molecular weight is 250 g/mol. The standard InChI is InChI=1S/C14H18O4/c1-11(9-15)3-4-12(16)10-18-14-7-5-13(17-2)6-8-14/h3,5-9,12,16H,4,10H2,1-2H3/b11-3+/t12-/m1/s1. The molecule has 0 aliphatic rings. The first-order valence-electron chi connectivity index (χ1n) is 5.72. The summed E-state index contributed by atoms with van der Waals surface area (Å²) < 4.78 is 10.4. The van der Waals surface area contributed by atoms with Gasteiger partial charge in [-0.1, -0.05) is 6.08 Å². The highest BCUT2D eigenvalue weighted by atomic mass is 16.5. The molecule has 98 valence electrons. The van der Waals surface area contributed by atoms with Gasteiger partial charge in [-0.25, -0.2) is 0 Å². The topological polar surface area (TPSA) is 55.8 Å². The van der Waals surface area contributed by atoms with Gasteiger partial charge in [0, 0.05) is 0 Å². The highest BCUT2D eigenvalue weighted by Crippen LogP contribution is 2.17. The lowest BCUT2D eigenvalue weighted by molar-refractivity contribution is -0.104. The monoisotopic (exact) mass is 250 g/mol. The van der Waals surface area contributed by atoms with Gasteiger partial charge in [0.1, 0.15) is 24.4 Å². The third-order valence-electron chi connectivity index (χ3n) is 2.40. The van der Waals surface area contributed by atoms with E-state index in [1.807, 2.05) is 0 Å². The van der Waals surface area contributed by atoms with Crippen LogP contribution in [-0.4, -0.2) is 31.2 Å². The van der Waals surface area contributed by atoms with Crippen molar-refractivity contribution in [3.63, 3.8) is 0 Å². The molecule has 0 unspecified atom stereocenters. The lowest BCUT2D eigenvalue weighted by atomic mass is 10.2. The van der Waals surface area contributed by atoms with Gasteiger partial charge in [0.25, 0.3) is 0 Å². The number of aldehydes is 1. The van der Waals surface area contributed by atoms with Crippen molar-refractivity contribution in [1.82, 2.24) is 0 Å². The van der Waals surface area contributed by atoms with Gasteiger partial charge in [-0.3, -0.25) is 4.79 Å². The van der Waals surface area contributed by atoms with Crippen LogP contribution in [0.3, 0.4) is 0 Å². The van der Waals surface area contributed by atoms with Crippen LogP contribution in [0.15, 0.2) is 35.9 Å². The maximum Gasteiger partial charge on any atom is 0.145 e. The summed E-state index contributed by atoms with van der Waals surface area (Å²) in [6.07, 6.45) is 2.23. The molecule has 18 heavy (non-hydrogen) atoms. The third kappa shape index (κ3) is 5.01. The molecule has 0 bridgehead atoms. The zero-order chi connectivity index (χ0) is 13.4. The summed E-state index contributed by atoms with van der Waals surface area (Å²) in [5.74, 6) is 1.43. The molecule has 0 saturated carbocycles. The van der Waals surface area contributed by atoms with Gasteiger partial charge in [-0.05, 0) is 43.2 Å². The molecule has 4 heteroatoms. The number of carbonyl (C=O) groups excluding carboxylic acids is 1. The Labute approximate surface area is 107 Å². The summed E-state index contributed by atoms with van der Waals surface area (Å²) in [4.78, 5) is 10.4. The van der Waals surface area contributed by atoms with Gasteiger partial charge >= 0.3 is 0 Å². The van der Waals surface area contributed by atoms with Gasteiger partial charge in [0.2, 0.25) is 0 Å². The van der Waals surface area contributed by atoms with Crippen LogP contribution in [0.5, 0.6) is 11.5 Å². The lowest BCUT2D eigenvalue weighted by Crippen LogP contribution is -2.16. The van der Waals surface area contributed by atoms with Gasteiger partial charge in [0.05, 0.1) is 13.2 Å². The van der Waals surface area contributed by atoms with Crippen molar-refractivity contribution < 1.29 is 19.4 Å². The molecule has 0 amide bonds. The van der Waals surface area contributed by atoms with Crippen LogP contribution < -0.4 is 9.47 Å². The van der Waals surface area contributed by atoms with Crippen molar-refractivity contribution in [2.24, 2.45) is 0 Å². The third-order valence-corrected chi connectivity index (χ3v) is 2.40. The largest absolute Gasteiger partial charge is 0.497 e. The summed E-state index contributed by atoms with van der Waals surface area (Å²) in [7, 11) is 1.60. The Kier molecular flexibility index (Phi) is 5.94. The summed E-state index contributed by atoms with van der Waals surface area (Å²) in [6, 6.07) is 7.13. The molecule has 1 rings (SSSR count). The summed E-state index contributed by atoms with van der Waals surface area (Å²) >= 11 is 0. The molecule has 0 spiro atoms. The maximum absolute atomic E-state index is 10.4. The van der Waals surface area contributed by atoms with Crippen LogP contribution in [0.25, 0.3) is 0 Å². The first kappa shape index (κ1) is 14.3. The molecule has 0 aliphatic heterocycles. The minimum Gasteiger partial charge on any atom is -0.497 e. The smallest absolute Gasteiger partial charge is 0.145 e. The zero-order valence-electron chi connectivity index (χ0n) is 10.6. The number of hydrogen-bond acceptors (Lipinski definition) is 4. The van der Waals surface area contributed by atoms with Crippen LogP contribution in [-0.2, 0) is 4.79 Å². The molecule has 0 aromatic heterocycles. The second-order valence-electron chi connectivity index (χ2n) is 3.94. The van der Waals surface area contributed by atoms with Crippen LogP contribution in [0.4, 0.5) is 0 Å². The fraction of sp³-hybridized carbons (Fsp3) is 0.357. The van der Waals surface area contributed by atoms with Gasteiger partial charge in [-0.2, -0.15) is 0 Å². The normalized spacial score (nSPS) is 12.9. The number of benzene rings is 1. The Hall–Kier alpha value is -1.81. The van der Waals surface area contributed by atoms with Crippen LogP contribution >= 0.6 is 0 Å². The molecule has 0 fully saturated rings. The molecule has 0 radical (unpaired) electrons. The molecule has 1 aromatic rings. The number of aliphatic hydroxyl groups excluding tert-OH is 1. The molecule has 0 aliphatic carbocycles. The van der Waals surface area contributed by atoms with Gasteiger partial charge in [-0.15, -0.1) is 0 Å². The quantitative estimate of drug-likeness (QED) is 0.594. The van der Waals surface area contributed by atoms with E-state index in [2.05, 4.69) is 0 Å². The van der Waals surface area contributed by atoms with Gasteiger partial charge < -0.3 is 14.6 Å². The molecular formula is C14H18O4. The van der Waals surface area contributed by atoms with Crippen molar-refractivity contribution in [2.75, 3.05) is 13.7 Å². The minimum absolute atomic E-state index is 0.189. The van der Waals surface area contributed by atoms with Crippen molar-refractivity contribution >= 4 is 6.29 Å². The highest BCUT2D eigenvalue weighted by molar-refractivity contribution is 5.71. The number of methoxy groups -OCH3 is 1. The SMILES string of the molecule is COc1ccc(OC[C@H](O)C/C=C(\C)C=O)cc1. The van der Waals surface area contributed by atoms with E-state index in [0.717, 1.165) is 12.0 Å². The summed E-state index contributed by atoms with van der Waals surface area (Å²) in [6.45, 7) is 1.89. The van der Waals surface area contributed by atoms with E-state index in [9.17, 15) is 9.90 Å². The first-order valence-corrected chi connectivity index (χ1v) is 5.72. The van der Waals surface area contributed by atoms with Crippen molar-refractivity contribution in [3.8, 4) is 11.5 Å². The van der Waals surface area contributed by atoms with E-state index >= 15 is 0 Å². The Morgan fingerprint density at radius 3 is 2.50 bits per heavy atom. The van der Waals surface area contributed by atoms with E-state index in [0.29, 0.717) is 17.7 Å². The second kappa shape index (κ2) is 7.50. The Bertz CT molecular complexity index is 395. The molecule has 0 saturated heterocycles. The zero-order valence-corrected chi connectivity index (χ0v) is 10.6. The molecule has 1 atom stereocenters. The minimum atomic E-state index is -0.623. The van der Waals surface area contributed by atoms with Crippen molar-refractivity contribution in [3.05, 3.63) is 35.9 Å². The summed E-state index contributed by atoms with van der Waals surface area (Å²) in [5, 5.41) is 9.65. The molecular weight excluding hydrogens is 232 g/mol. The highest BCUT2D eigenvalue weighted by Gasteiger charge is 2.04. The number of allylic oxidation sites excluding steroid dienone is 1. The number of rotatable bonds is 7. The maximum atomic E-state index is 10.4. The Balaban J connectivity index is 2.37. The van der Waals surface area contributed by atoms with E-state index in [-0.39, 0.29) is 6.61 Å². The van der Waals surface area contributed by atoms with Gasteiger partial charge in [0.15, 0.2) is 0 Å². The van der Waals surface area contributed by atoms with Crippen LogP contribution in [0, 0.1) is 0 Å². The number of aliphatic hydroxyl groups is 1. The number of carbonyl (C=O) groups is 1. The Morgan fingerprint density at radius 2 is 1.94 bits per heavy atom. The average Bonchev–Trinajstić information content (AvgIpc) is 2.42. The first-order chi connectivity index (χ1) is 8.65. The Morgan fingerprint density at radius 1 is 1.33 bits per heavy atom. The fourth-order valence-corrected chi connectivity index (χ4v) is 1.30. The van der Waals surface area contributed by atoms with Crippen LogP contribution in [0.2, 0.25) is 0 Å². The lowest BCUT2D eigenvalue weighted by Gasteiger charge is -2.11. The number of hydrogen-bond donors (Lipinski definition) is 1. The molecule has 4 nitrogen and oxygen atoms in total. The molecule has 1 aromatic carbocycles. The van der Waals surface area contributed by atoms with E-state index in [4.69, 9.17) is 9.47 Å². The van der Waals surface area contributed by atoms with E-state index < -0.39 is 6.10 Å². The predicted molar refractivity (Wildman–Crippen MR) is 68.9 cm³/mol. The van der Waals surface area contributed by atoms with Crippen LogP contribution in [0.1, 0.15) is 13.3 Å². The summed E-state index contributed by atoms with van der Waals surface area (Å²) in [5.41, 5.74) is 0.610. The predicted octanol–water partition coefficient (Wildman–Crippen LogP) is 1.97. The second-order valence-corrected chi connectivity index (χ2v) is 3.94. The molecule has 0 heterocycles.